The Morgan fingerprint density at radius 3 is 2.55 bits per heavy atom. The molecule has 0 saturated carbocycles. The molecule has 4 rings (SSSR count). The van der Waals surface area contributed by atoms with Gasteiger partial charge in [0.2, 0.25) is 0 Å². The Bertz CT molecular complexity index is 1010. The quantitative estimate of drug-likeness (QED) is 0.647. The van der Waals surface area contributed by atoms with Gasteiger partial charge in [-0.05, 0) is 30.7 Å². The SMILES string of the molecule is CCc1csc(-c2ccc(N3CCN(C(=O)c4ccc(F)cc4F)CC3)nc2)n1. The van der Waals surface area contributed by atoms with E-state index in [-0.39, 0.29) is 5.56 Å². The van der Waals surface area contributed by atoms with Gasteiger partial charge in [-0.3, -0.25) is 4.79 Å². The summed E-state index contributed by atoms with van der Waals surface area (Å²) in [5.74, 6) is -1.10. The van der Waals surface area contributed by atoms with Gasteiger partial charge < -0.3 is 9.80 Å². The monoisotopic (exact) mass is 414 g/mol. The van der Waals surface area contributed by atoms with Crippen molar-refractivity contribution in [2.45, 2.75) is 13.3 Å². The number of aromatic nitrogens is 2. The molecule has 1 aromatic carbocycles. The number of hydrogen-bond acceptors (Lipinski definition) is 5. The molecule has 29 heavy (non-hydrogen) atoms. The zero-order chi connectivity index (χ0) is 20.4. The second kappa shape index (κ2) is 8.24. The third kappa shape index (κ3) is 4.12. The molecular weight excluding hydrogens is 394 g/mol. The lowest BCUT2D eigenvalue weighted by Gasteiger charge is -2.35. The fourth-order valence-corrected chi connectivity index (χ4v) is 4.17. The Morgan fingerprint density at radius 1 is 1.14 bits per heavy atom. The smallest absolute Gasteiger partial charge is 0.256 e. The third-order valence-corrected chi connectivity index (χ3v) is 5.90. The standard InChI is InChI=1S/C21H20F2N4OS/c1-2-16-13-29-20(25-16)14-3-6-19(24-12-14)26-7-9-27(10-8-26)21(28)17-5-4-15(22)11-18(17)23/h3-6,11-13H,2,7-10H2,1H3. The minimum Gasteiger partial charge on any atom is -0.353 e. The van der Waals surface area contributed by atoms with Gasteiger partial charge in [-0.15, -0.1) is 11.3 Å². The number of hydrogen-bond donors (Lipinski definition) is 0. The molecule has 0 spiro atoms. The molecule has 0 aliphatic carbocycles. The Balaban J connectivity index is 1.39. The van der Waals surface area contributed by atoms with Crippen LogP contribution in [0, 0.1) is 11.6 Å². The minimum absolute atomic E-state index is 0.0998. The molecule has 0 bridgehead atoms. The fraction of sp³-hybridized carbons (Fsp3) is 0.286. The van der Waals surface area contributed by atoms with Crippen LogP contribution in [0.1, 0.15) is 23.0 Å². The van der Waals surface area contributed by atoms with E-state index >= 15 is 0 Å². The molecule has 0 N–H and O–H groups in total. The van der Waals surface area contributed by atoms with Crippen molar-refractivity contribution in [3.05, 3.63) is 64.8 Å². The number of amides is 1. The number of piperazine rings is 1. The second-order valence-corrected chi connectivity index (χ2v) is 7.66. The predicted octanol–water partition coefficient (Wildman–Crippen LogP) is 4.01. The topological polar surface area (TPSA) is 49.3 Å². The Morgan fingerprint density at radius 2 is 1.93 bits per heavy atom. The average molecular weight is 414 g/mol. The first-order valence-corrected chi connectivity index (χ1v) is 10.3. The largest absolute Gasteiger partial charge is 0.353 e. The summed E-state index contributed by atoms with van der Waals surface area (Å²) in [7, 11) is 0. The van der Waals surface area contributed by atoms with Crippen LogP contribution in [0.15, 0.2) is 41.9 Å². The van der Waals surface area contributed by atoms with E-state index in [0.29, 0.717) is 26.2 Å². The second-order valence-electron chi connectivity index (χ2n) is 6.81. The van der Waals surface area contributed by atoms with E-state index in [2.05, 4.69) is 27.2 Å². The van der Waals surface area contributed by atoms with E-state index in [9.17, 15) is 13.6 Å². The summed E-state index contributed by atoms with van der Waals surface area (Å²) in [6, 6.07) is 7.00. The number of carbonyl (C=O) groups is 1. The molecule has 1 amide bonds. The molecule has 2 aromatic heterocycles. The number of benzene rings is 1. The number of halogens is 2. The Kier molecular flexibility index (Phi) is 5.53. The van der Waals surface area contributed by atoms with Crippen LogP contribution < -0.4 is 4.90 Å². The van der Waals surface area contributed by atoms with Gasteiger partial charge in [0.15, 0.2) is 0 Å². The maximum atomic E-state index is 13.9. The van der Waals surface area contributed by atoms with Crippen molar-refractivity contribution >= 4 is 23.1 Å². The zero-order valence-electron chi connectivity index (χ0n) is 15.9. The lowest BCUT2D eigenvalue weighted by molar-refractivity contribution is 0.0741. The molecular formula is C21H20F2N4OS. The molecule has 150 valence electrons. The van der Waals surface area contributed by atoms with Gasteiger partial charge in [0.25, 0.3) is 5.91 Å². The van der Waals surface area contributed by atoms with Crippen molar-refractivity contribution in [2.24, 2.45) is 0 Å². The van der Waals surface area contributed by atoms with Crippen LogP contribution in [0.25, 0.3) is 10.6 Å². The van der Waals surface area contributed by atoms with Crippen LogP contribution in [0.3, 0.4) is 0 Å². The molecule has 1 saturated heterocycles. The van der Waals surface area contributed by atoms with Crippen molar-refractivity contribution in [1.29, 1.82) is 0 Å². The van der Waals surface area contributed by atoms with E-state index in [0.717, 1.165) is 40.6 Å². The summed E-state index contributed by atoms with van der Waals surface area (Å²) in [5.41, 5.74) is 1.96. The highest BCUT2D eigenvalue weighted by Gasteiger charge is 2.25. The summed E-state index contributed by atoms with van der Waals surface area (Å²) in [4.78, 5) is 25.3. The predicted molar refractivity (Wildman–Crippen MR) is 109 cm³/mol. The maximum Gasteiger partial charge on any atom is 0.256 e. The third-order valence-electron chi connectivity index (χ3n) is 4.96. The number of nitrogens with zero attached hydrogens (tertiary/aromatic N) is 4. The van der Waals surface area contributed by atoms with Gasteiger partial charge >= 0.3 is 0 Å². The number of thiazole rings is 1. The van der Waals surface area contributed by atoms with Crippen LogP contribution in [-0.4, -0.2) is 47.0 Å². The summed E-state index contributed by atoms with van der Waals surface area (Å²) < 4.78 is 27.0. The van der Waals surface area contributed by atoms with Crippen LogP contribution in [0.5, 0.6) is 0 Å². The minimum atomic E-state index is -0.830. The van der Waals surface area contributed by atoms with E-state index < -0.39 is 17.5 Å². The van der Waals surface area contributed by atoms with Gasteiger partial charge in [0.1, 0.15) is 22.5 Å². The van der Waals surface area contributed by atoms with Gasteiger partial charge in [0.05, 0.1) is 11.3 Å². The number of anilines is 1. The van der Waals surface area contributed by atoms with E-state index in [4.69, 9.17) is 0 Å². The highest BCUT2D eigenvalue weighted by atomic mass is 32.1. The molecule has 0 atom stereocenters. The van der Waals surface area contributed by atoms with Crippen molar-refractivity contribution in [2.75, 3.05) is 31.1 Å². The fourth-order valence-electron chi connectivity index (χ4n) is 3.27. The lowest BCUT2D eigenvalue weighted by atomic mass is 10.1. The normalized spacial score (nSPS) is 14.3. The first-order valence-electron chi connectivity index (χ1n) is 9.45. The first-order chi connectivity index (χ1) is 14.0. The molecule has 1 fully saturated rings. The van der Waals surface area contributed by atoms with E-state index in [1.165, 1.54) is 6.07 Å². The number of pyridine rings is 1. The Hall–Kier alpha value is -2.87. The lowest BCUT2D eigenvalue weighted by Crippen LogP contribution is -2.49. The summed E-state index contributed by atoms with van der Waals surface area (Å²) in [6.07, 6.45) is 2.73. The summed E-state index contributed by atoms with van der Waals surface area (Å²) in [5, 5.41) is 3.02. The molecule has 0 unspecified atom stereocenters. The van der Waals surface area contributed by atoms with Crippen molar-refractivity contribution in [3.8, 4) is 10.6 Å². The van der Waals surface area contributed by atoms with Gasteiger partial charge in [-0.25, -0.2) is 18.7 Å². The number of rotatable bonds is 4. The molecule has 1 aliphatic heterocycles. The van der Waals surface area contributed by atoms with E-state index in [1.54, 1.807) is 16.2 Å². The molecule has 8 heteroatoms. The molecule has 3 aromatic rings. The van der Waals surface area contributed by atoms with Crippen molar-refractivity contribution in [3.63, 3.8) is 0 Å². The number of carbonyl (C=O) groups excluding carboxylic acids is 1. The summed E-state index contributed by atoms with van der Waals surface area (Å²) in [6.45, 7) is 4.17. The van der Waals surface area contributed by atoms with Gasteiger partial charge in [-0.1, -0.05) is 6.92 Å². The maximum absolute atomic E-state index is 13.9. The van der Waals surface area contributed by atoms with Crippen molar-refractivity contribution < 1.29 is 13.6 Å². The van der Waals surface area contributed by atoms with Crippen LogP contribution in [0.4, 0.5) is 14.6 Å². The van der Waals surface area contributed by atoms with Crippen LogP contribution in [-0.2, 0) is 6.42 Å². The summed E-state index contributed by atoms with van der Waals surface area (Å²) >= 11 is 1.61. The Labute approximate surface area is 171 Å². The molecule has 0 radical (unpaired) electrons. The van der Waals surface area contributed by atoms with E-state index in [1.807, 2.05) is 18.3 Å². The highest BCUT2D eigenvalue weighted by molar-refractivity contribution is 7.13. The first kappa shape index (κ1) is 19.4. The van der Waals surface area contributed by atoms with Crippen molar-refractivity contribution in [1.82, 2.24) is 14.9 Å². The molecule has 1 aliphatic rings. The molecule has 5 nitrogen and oxygen atoms in total. The number of aryl methyl sites for hydroxylation is 1. The van der Waals surface area contributed by atoms with Gasteiger partial charge in [-0.2, -0.15) is 0 Å². The average Bonchev–Trinajstić information content (AvgIpc) is 3.23. The van der Waals surface area contributed by atoms with Crippen LogP contribution >= 0.6 is 11.3 Å². The highest BCUT2D eigenvalue weighted by Crippen LogP contribution is 2.25. The molecule has 3 heterocycles. The zero-order valence-corrected chi connectivity index (χ0v) is 16.8. The van der Waals surface area contributed by atoms with Crippen LogP contribution in [0.2, 0.25) is 0 Å². The van der Waals surface area contributed by atoms with Gasteiger partial charge in [0, 0.05) is 49.4 Å².